The van der Waals surface area contributed by atoms with Crippen LogP contribution in [0.4, 0.5) is 0 Å². The molecular weight excluding hydrogens is 160 g/mol. The Labute approximate surface area is 82.0 Å². The van der Waals surface area contributed by atoms with Crippen LogP contribution < -0.4 is 5.32 Å². The third kappa shape index (κ3) is 3.92. The molecule has 1 rings (SSSR count). The van der Waals surface area contributed by atoms with Crippen molar-refractivity contribution in [3.8, 4) is 0 Å². The molecule has 1 heterocycles. The molecule has 76 valence electrons. The van der Waals surface area contributed by atoms with Crippen molar-refractivity contribution in [3.05, 3.63) is 12.2 Å². The normalized spacial score (nSPS) is 25.5. The van der Waals surface area contributed by atoms with Crippen molar-refractivity contribution in [3.63, 3.8) is 0 Å². The average molecular weight is 182 g/mol. The van der Waals surface area contributed by atoms with Gasteiger partial charge in [0, 0.05) is 19.1 Å². The van der Waals surface area contributed by atoms with Crippen molar-refractivity contribution in [1.29, 1.82) is 0 Å². The van der Waals surface area contributed by atoms with Crippen LogP contribution in [-0.4, -0.2) is 37.1 Å². The zero-order valence-electron chi connectivity index (χ0n) is 8.97. The molecule has 0 amide bonds. The van der Waals surface area contributed by atoms with E-state index in [1.54, 1.807) is 0 Å². The fourth-order valence-corrected chi connectivity index (χ4v) is 1.88. The van der Waals surface area contributed by atoms with E-state index in [0.29, 0.717) is 6.04 Å². The Hall–Kier alpha value is -0.340. The van der Waals surface area contributed by atoms with Gasteiger partial charge in [-0.05, 0) is 32.9 Å². The van der Waals surface area contributed by atoms with Gasteiger partial charge in [0.05, 0.1) is 0 Å². The highest BCUT2D eigenvalue weighted by atomic mass is 15.2. The molecule has 1 unspecified atom stereocenters. The van der Waals surface area contributed by atoms with Crippen LogP contribution in [0.2, 0.25) is 0 Å². The molecular formula is C11H22N2. The molecule has 0 aromatic carbocycles. The molecule has 13 heavy (non-hydrogen) atoms. The number of hydrogen-bond acceptors (Lipinski definition) is 2. The van der Waals surface area contributed by atoms with E-state index in [9.17, 15) is 0 Å². The van der Waals surface area contributed by atoms with Gasteiger partial charge in [-0.3, -0.25) is 4.90 Å². The van der Waals surface area contributed by atoms with E-state index >= 15 is 0 Å². The van der Waals surface area contributed by atoms with Crippen LogP contribution >= 0.6 is 0 Å². The van der Waals surface area contributed by atoms with Crippen LogP contribution in [0.5, 0.6) is 0 Å². The molecule has 0 aromatic rings. The first kappa shape index (κ1) is 10.7. The van der Waals surface area contributed by atoms with E-state index in [4.69, 9.17) is 0 Å². The molecule has 0 saturated carbocycles. The van der Waals surface area contributed by atoms with Crippen LogP contribution in [0.3, 0.4) is 0 Å². The maximum atomic E-state index is 3.97. The summed E-state index contributed by atoms with van der Waals surface area (Å²) in [5.74, 6) is 0. The second-order valence-electron chi connectivity index (χ2n) is 4.11. The molecule has 0 aromatic heterocycles. The average Bonchev–Trinajstić information content (AvgIpc) is 2.28. The summed E-state index contributed by atoms with van der Waals surface area (Å²) < 4.78 is 0. The Bertz CT molecular complexity index is 165. The summed E-state index contributed by atoms with van der Waals surface area (Å²) >= 11 is 0. The highest BCUT2D eigenvalue weighted by Gasteiger charge is 2.15. The van der Waals surface area contributed by atoms with E-state index in [1.807, 2.05) is 0 Å². The SMILES string of the molecule is C=C(C)CN1CCCNC(CC)C1. The third-order valence-electron chi connectivity index (χ3n) is 2.55. The predicted octanol–water partition coefficient (Wildman–Crippen LogP) is 1.64. The topological polar surface area (TPSA) is 15.3 Å². The van der Waals surface area contributed by atoms with Gasteiger partial charge in [0.25, 0.3) is 0 Å². The molecule has 2 nitrogen and oxygen atoms in total. The van der Waals surface area contributed by atoms with Crippen molar-refractivity contribution in [2.75, 3.05) is 26.2 Å². The van der Waals surface area contributed by atoms with Crippen molar-refractivity contribution in [2.45, 2.75) is 32.7 Å². The van der Waals surface area contributed by atoms with Gasteiger partial charge in [-0.1, -0.05) is 19.1 Å². The molecule has 1 fully saturated rings. The van der Waals surface area contributed by atoms with Gasteiger partial charge in [0.15, 0.2) is 0 Å². The molecule has 0 spiro atoms. The fraction of sp³-hybridized carbons (Fsp3) is 0.818. The first-order valence-electron chi connectivity index (χ1n) is 5.32. The van der Waals surface area contributed by atoms with Gasteiger partial charge in [-0.25, -0.2) is 0 Å². The van der Waals surface area contributed by atoms with Crippen LogP contribution in [0.15, 0.2) is 12.2 Å². The Morgan fingerprint density at radius 3 is 3.00 bits per heavy atom. The predicted molar refractivity (Wildman–Crippen MR) is 58.0 cm³/mol. The summed E-state index contributed by atoms with van der Waals surface area (Å²) in [6, 6.07) is 0.682. The van der Waals surface area contributed by atoms with E-state index < -0.39 is 0 Å². The maximum absolute atomic E-state index is 3.97. The summed E-state index contributed by atoms with van der Waals surface area (Å²) in [6.45, 7) is 13.0. The summed E-state index contributed by atoms with van der Waals surface area (Å²) in [4.78, 5) is 2.51. The van der Waals surface area contributed by atoms with Gasteiger partial charge in [0.1, 0.15) is 0 Å². The van der Waals surface area contributed by atoms with Gasteiger partial charge in [0.2, 0.25) is 0 Å². The lowest BCUT2D eigenvalue weighted by atomic mass is 10.2. The van der Waals surface area contributed by atoms with Crippen molar-refractivity contribution in [2.24, 2.45) is 0 Å². The minimum absolute atomic E-state index is 0.682. The van der Waals surface area contributed by atoms with E-state index in [0.717, 1.165) is 6.54 Å². The molecule has 1 aliphatic rings. The number of rotatable bonds is 3. The zero-order valence-corrected chi connectivity index (χ0v) is 8.97. The Kier molecular flexibility index (Phi) is 4.46. The third-order valence-corrected chi connectivity index (χ3v) is 2.55. The first-order valence-corrected chi connectivity index (χ1v) is 5.32. The quantitative estimate of drug-likeness (QED) is 0.667. The summed E-state index contributed by atoms with van der Waals surface area (Å²) in [5, 5.41) is 3.56. The molecule has 1 aliphatic heterocycles. The summed E-state index contributed by atoms with van der Waals surface area (Å²) in [6.07, 6.45) is 2.50. The van der Waals surface area contributed by atoms with Crippen LogP contribution in [0, 0.1) is 0 Å². The second-order valence-corrected chi connectivity index (χ2v) is 4.11. The lowest BCUT2D eigenvalue weighted by Gasteiger charge is -2.23. The zero-order chi connectivity index (χ0) is 9.68. The maximum Gasteiger partial charge on any atom is 0.0192 e. The molecule has 0 bridgehead atoms. The van der Waals surface area contributed by atoms with Crippen molar-refractivity contribution in [1.82, 2.24) is 10.2 Å². The Morgan fingerprint density at radius 1 is 1.62 bits per heavy atom. The molecule has 1 saturated heterocycles. The highest BCUT2D eigenvalue weighted by Crippen LogP contribution is 2.05. The van der Waals surface area contributed by atoms with Gasteiger partial charge in [-0.2, -0.15) is 0 Å². The van der Waals surface area contributed by atoms with Crippen LogP contribution in [0.25, 0.3) is 0 Å². The number of hydrogen-bond donors (Lipinski definition) is 1. The van der Waals surface area contributed by atoms with E-state index in [-0.39, 0.29) is 0 Å². The molecule has 1 N–H and O–H groups in total. The Balaban J connectivity index is 2.39. The van der Waals surface area contributed by atoms with Crippen LogP contribution in [-0.2, 0) is 0 Å². The summed E-state index contributed by atoms with van der Waals surface area (Å²) in [5.41, 5.74) is 1.27. The lowest BCUT2D eigenvalue weighted by Crippen LogP contribution is -2.37. The number of nitrogens with zero attached hydrogens (tertiary/aromatic N) is 1. The van der Waals surface area contributed by atoms with Crippen molar-refractivity contribution < 1.29 is 0 Å². The largest absolute Gasteiger partial charge is 0.313 e. The minimum Gasteiger partial charge on any atom is -0.313 e. The highest BCUT2D eigenvalue weighted by molar-refractivity contribution is 4.93. The first-order chi connectivity index (χ1) is 6.22. The standard InChI is InChI=1S/C11H22N2/c1-4-11-9-13(8-10(2)3)7-5-6-12-11/h11-12H,2,4-9H2,1,3H3. The second kappa shape index (κ2) is 5.40. The number of nitrogens with one attached hydrogen (secondary N) is 1. The summed E-state index contributed by atoms with van der Waals surface area (Å²) in [7, 11) is 0. The van der Waals surface area contributed by atoms with E-state index in [2.05, 4.69) is 30.6 Å². The fourth-order valence-electron chi connectivity index (χ4n) is 1.88. The van der Waals surface area contributed by atoms with Gasteiger partial charge in [-0.15, -0.1) is 0 Å². The van der Waals surface area contributed by atoms with Gasteiger partial charge < -0.3 is 5.32 Å². The van der Waals surface area contributed by atoms with Crippen molar-refractivity contribution >= 4 is 0 Å². The molecule has 0 aliphatic carbocycles. The lowest BCUT2D eigenvalue weighted by molar-refractivity contribution is 0.286. The molecule has 2 heteroatoms. The monoisotopic (exact) mass is 182 g/mol. The Morgan fingerprint density at radius 2 is 2.38 bits per heavy atom. The smallest absolute Gasteiger partial charge is 0.0192 e. The molecule has 1 atom stereocenters. The van der Waals surface area contributed by atoms with Crippen LogP contribution in [0.1, 0.15) is 26.7 Å². The minimum atomic E-state index is 0.682. The van der Waals surface area contributed by atoms with E-state index in [1.165, 1.54) is 38.0 Å². The van der Waals surface area contributed by atoms with Gasteiger partial charge >= 0.3 is 0 Å². The molecule has 0 radical (unpaired) electrons.